The molecule has 0 heterocycles. The van der Waals surface area contributed by atoms with Crippen molar-refractivity contribution in [2.24, 2.45) is 0 Å². The summed E-state index contributed by atoms with van der Waals surface area (Å²) in [5, 5.41) is 2.64. The molecule has 0 fully saturated rings. The predicted octanol–water partition coefficient (Wildman–Crippen LogP) is 3.81. The van der Waals surface area contributed by atoms with E-state index in [1.165, 1.54) is 14.2 Å². The summed E-state index contributed by atoms with van der Waals surface area (Å²) in [5.41, 5.74) is 0.465. The summed E-state index contributed by atoms with van der Waals surface area (Å²) in [5.74, 6) is 0.850. The Morgan fingerprint density at radius 3 is 2.57 bits per heavy atom. The second-order valence-electron chi connectivity index (χ2n) is 5.68. The van der Waals surface area contributed by atoms with Crippen LogP contribution in [-0.4, -0.2) is 39.3 Å². The molecule has 0 unspecified atom stereocenters. The van der Waals surface area contributed by atoms with Crippen molar-refractivity contribution < 1.29 is 28.5 Å². The highest BCUT2D eigenvalue weighted by Crippen LogP contribution is 2.28. The van der Waals surface area contributed by atoms with Gasteiger partial charge in [0.15, 0.2) is 6.61 Å². The average molecular weight is 452 g/mol. The number of nitrogens with one attached hydrogen (secondary N) is 1. The van der Waals surface area contributed by atoms with Crippen LogP contribution in [0.3, 0.4) is 0 Å². The number of anilines is 1. The lowest BCUT2D eigenvalue weighted by molar-refractivity contribution is -0.147. The van der Waals surface area contributed by atoms with E-state index in [1.807, 2.05) is 24.3 Å². The van der Waals surface area contributed by atoms with E-state index in [-0.39, 0.29) is 13.0 Å². The molecular formula is C20H22BrNO6. The molecule has 0 aliphatic carbocycles. The topological polar surface area (TPSA) is 83.1 Å². The fourth-order valence-electron chi connectivity index (χ4n) is 2.27. The van der Waals surface area contributed by atoms with Gasteiger partial charge >= 0.3 is 5.97 Å². The Morgan fingerprint density at radius 2 is 1.86 bits per heavy atom. The van der Waals surface area contributed by atoms with Crippen molar-refractivity contribution >= 4 is 33.5 Å². The lowest BCUT2D eigenvalue weighted by Crippen LogP contribution is -2.21. The van der Waals surface area contributed by atoms with E-state index < -0.39 is 11.9 Å². The van der Waals surface area contributed by atoms with Crippen LogP contribution in [-0.2, 0) is 14.3 Å². The SMILES string of the molecule is COc1ccc(NC(=O)COC(=O)CCCOc2cccc(Br)c2)c(OC)c1. The first-order chi connectivity index (χ1) is 13.5. The zero-order valence-corrected chi connectivity index (χ0v) is 17.3. The molecular weight excluding hydrogens is 430 g/mol. The van der Waals surface area contributed by atoms with Crippen molar-refractivity contribution in [2.45, 2.75) is 12.8 Å². The van der Waals surface area contributed by atoms with Gasteiger partial charge in [0.2, 0.25) is 0 Å². The van der Waals surface area contributed by atoms with Crippen molar-refractivity contribution in [2.75, 3.05) is 32.8 Å². The first-order valence-electron chi connectivity index (χ1n) is 8.57. The van der Waals surface area contributed by atoms with Crippen LogP contribution < -0.4 is 19.5 Å². The number of amides is 1. The quantitative estimate of drug-likeness (QED) is 0.436. The lowest BCUT2D eigenvalue weighted by Gasteiger charge is -2.12. The predicted molar refractivity (Wildman–Crippen MR) is 108 cm³/mol. The maximum Gasteiger partial charge on any atom is 0.306 e. The molecule has 0 atom stereocenters. The molecule has 0 aliphatic heterocycles. The Bertz CT molecular complexity index is 811. The van der Waals surface area contributed by atoms with Crippen LogP contribution in [0.15, 0.2) is 46.9 Å². The number of esters is 1. The highest BCUT2D eigenvalue weighted by Gasteiger charge is 2.11. The zero-order valence-electron chi connectivity index (χ0n) is 15.7. The summed E-state index contributed by atoms with van der Waals surface area (Å²) in [4.78, 5) is 23.7. The maximum atomic E-state index is 12.0. The molecule has 2 aromatic rings. The molecule has 0 aliphatic rings. The fourth-order valence-corrected chi connectivity index (χ4v) is 2.65. The van der Waals surface area contributed by atoms with Crippen LogP contribution in [0, 0.1) is 0 Å². The third kappa shape index (κ3) is 7.11. The van der Waals surface area contributed by atoms with E-state index in [4.69, 9.17) is 18.9 Å². The summed E-state index contributed by atoms with van der Waals surface area (Å²) >= 11 is 3.36. The number of halogens is 1. The number of benzene rings is 2. The molecule has 1 amide bonds. The minimum atomic E-state index is -0.463. The Morgan fingerprint density at radius 1 is 1.04 bits per heavy atom. The average Bonchev–Trinajstić information content (AvgIpc) is 2.70. The molecule has 28 heavy (non-hydrogen) atoms. The van der Waals surface area contributed by atoms with Crippen molar-refractivity contribution in [3.63, 3.8) is 0 Å². The molecule has 0 radical (unpaired) electrons. The molecule has 0 spiro atoms. The van der Waals surface area contributed by atoms with Crippen LogP contribution >= 0.6 is 15.9 Å². The van der Waals surface area contributed by atoms with Gasteiger partial charge in [-0.25, -0.2) is 0 Å². The first kappa shape index (κ1) is 21.6. The summed E-state index contributed by atoms with van der Waals surface area (Å²) in [6, 6.07) is 12.4. The van der Waals surface area contributed by atoms with Crippen LogP contribution in [0.25, 0.3) is 0 Å². The van der Waals surface area contributed by atoms with E-state index in [0.717, 1.165) is 10.2 Å². The van der Waals surface area contributed by atoms with E-state index in [0.29, 0.717) is 30.2 Å². The molecule has 150 valence electrons. The van der Waals surface area contributed by atoms with Crippen molar-refractivity contribution in [3.8, 4) is 17.2 Å². The minimum Gasteiger partial charge on any atom is -0.497 e. The largest absolute Gasteiger partial charge is 0.497 e. The molecule has 0 saturated carbocycles. The molecule has 0 bridgehead atoms. The summed E-state index contributed by atoms with van der Waals surface area (Å²) in [6.45, 7) is 0.00129. The van der Waals surface area contributed by atoms with Gasteiger partial charge < -0.3 is 24.3 Å². The van der Waals surface area contributed by atoms with E-state index in [1.54, 1.807) is 18.2 Å². The Hall–Kier alpha value is -2.74. The van der Waals surface area contributed by atoms with Gasteiger partial charge in [-0.05, 0) is 36.8 Å². The van der Waals surface area contributed by atoms with Crippen LogP contribution in [0.5, 0.6) is 17.2 Å². The number of carbonyl (C=O) groups excluding carboxylic acids is 2. The van der Waals surface area contributed by atoms with E-state index in [2.05, 4.69) is 21.2 Å². The van der Waals surface area contributed by atoms with Crippen LogP contribution in [0.2, 0.25) is 0 Å². The first-order valence-corrected chi connectivity index (χ1v) is 9.37. The summed E-state index contributed by atoms with van der Waals surface area (Å²) in [6.07, 6.45) is 0.645. The molecule has 7 nitrogen and oxygen atoms in total. The third-order valence-electron chi connectivity index (χ3n) is 3.64. The van der Waals surface area contributed by atoms with Gasteiger partial charge in [-0.15, -0.1) is 0 Å². The zero-order chi connectivity index (χ0) is 20.4. The van der Waals surface area contributed by atoms with Crippen molar-refractivity contribution in [3.05, 3.63) is 46.9 Å². The molecule has 2 rings (SSSR count). The molecule has 2 aromatic carbocycles. The monoisotopic (exact) mass is 451 g/mol. The van der Waals surface area contributed by atoms with Gasteiger partial charge in [0.25, 0.3) is 5.91 Å². The molecule has 0 saturated heterocycles. The number of carbonyl (C=O) groups is 2. The van der Waals surface area contributed by atoms with Gasteiger partial charge in [-0.1, -0.05) is 22.0 Å². The second kappa shape index (κ2) is 11.2. The number of methoxy groups -OCH3 is 2. The minimum absolute atomic E-state index is 0.160. The lowest BCUT2D eigenvalue weighted by atomic mass is 10.2. The van der Waals surface area contributed by atoms with Gasteiger partial charge in [0, 0.05) is 17.0 Å². The molecule has 8 heteroatoms. The maximum absolute atomic E-state index is 12.0. The second-order valence-corrected chi connectivity index (χ2v) is 6.60. The fraction of sp³-hybridized carbons (Fsp3) is 0.300. The summed E-state index contributed by atoms with van der Waals surface area (Å²) in [7, 11) is 3.02. The van der Waals surface area contributed by atoms with Crippen LogP contribution in [0.1, 0.15) is 12.8 Å². The normalized spacial score (nSPS) is 10.1. The Labute approximate surface area is 172 Å². The highest BCUT2D eigenvalue weighted by atomic mass is 79.9. The van der Waals surface area contributed by atoms with Crippen molar-refractivity contribution in [1.29, 1.82) is 0 Å². The van der Waals surface area contributed by atoms with Gasteiger partial charge in [-0.2, -0.15) is 0 Å². The highest BCUT2D eigenvalue weighted by molar-refractivity contribution is 9.10. The van der Waals surface area contributed by atoms with Gasteiger partial charge in [0.05, 0.1) is 26.5 Å². The third-order valence-corrected chi connectivity index (χ3v) is 4.13. The van der Waals surface area contributed by atoms with Crippen LogP contribution in [0.4, 0.5) is 5.69 Å². The Kier molecular flexibility index (Phi) is 8.61. The Balaban J connectivity index is 1.68. The number of rotatable bonds is 10. The summed E-state index contributed by atoms with van der Waals surface area (Å²) < 4.78 is 21.8. The van der Waals surface area contributed by atoms with E-state index in [9.17, 15) is 9.59 Å². The molecule has 1 N–H and O–H groups in total. The standard InChI is InChI=1S/C20H22BrNO6/c1-25-15-8-9-17(18(12-15)26-2)22-19(23)13-28-20(24)7-4-10-27-16-6-3-5-14(21)11-16/h3,5-6,8-9,11-12H,4,7,10,13H2,1-2H3,(H,22,23). The van der Waals surface area contributed by atoms with Gasteiger partial charge in [0.1, 0.15) is 17.2 Å². The number of ether oxygens (including phenoxy) is 4. The van der Waals surface area contributed by atoms with Crippen molar-refractivity contribution in [1.82, 2.24) is 0 Å². The number of hydrogen-bond acceptors (Lipinski definition) is 6. The number of hydrogen-bond donors (Lipinski definition) is 1. The smallest absolute Gasteiger partial charge is 0.306 e. The van der Waals surface area contributed by atoms with E-state index >= 15 is 0 Å². The van der Waals surface area contributed by atoms with Gasteiger partial charge in [-0.3, -0.25) is 9.59 Å². The molecule has 0 aromatic heterocycles.